The van der Waals surface area contributed by atoms with Gasteiger partial charge in [0.15, 0.2) is 0 Å². The van der Waals surface area contributed by atoms with Crippen LogP contribution in [0.15, 0.2) is 66.7 Å². The van der Waals surface area contributed by atoms with Gasteiger partial charge < -0.3 is 15.8 Å². The van der Waals surface area contributed by atoms with Crippen LogP contribution in [0.1, 0.15) is 43.5 Å². The highest BCUT2D eigenvalue weighted by Crippen LogP contribution is 2.45. The van der Waals surface area contributed by atoms with Crippen molar-refractivity contribution < 1.29 is 4.74 Å². The maximum atomic E-state index is 6.91. The average molecular weight is 419 g/mol. The highest BCUT2D eigenvalue weighted by atomic mass is 35.5. The van der Waals surface area contributed by atoms with Crippen LogP contribution in [0.5, 0.6) is 5.75 Å². The molecule has 0 spiro atoms. The van der Waals surface area contributed by atoms with E-state index in [-0.39, 0.29) is 11.6 Å². The van der Waals surface area contributed by atoms with Gasteiger partial charge in [0.1, 0.15) is 5.75 Å². The van der Waals surface area contributed by atoms with Crippen molar-refractivity contribution in [3.63, 3.8) is 0 Å². The maximum absolute atomic E-state index is 6.91. The fourth-order valence-corrected chi connectivity index (χ4v) is 4.59. The smallest absolute Gasteiger partial charge is 0.126 e. The Morgan fingerprint density at radius 3 is 2.43 bits per heavy atom. The van der Waals surface area contributed by atoms with E-state index in [4.69, 9.17) is 22.1 Å². The molecule has 154 valence electrons. The van der Waals surface area contributed by atoms with Gasteiger partial charge in [-0.2, -0.15) is 0 Å². The highest BCUT2D eigenvalue weighted by Gasteiger charge is 2.29. The third kappa shape index (κ3) is 3.71. The van der Waals surface area contributed by atoms with Crippen LogP contribution < -0.4 is 15.8 Å². The zero-order valence-electron chi connectivity index (χ0n) is 17.8. The first kappa shape index (κ1) is 20.5. The number of anilines is 1. The third-order valence-corrected chi connectivity index (χ3v) is 5.83. The summed E-state index contributed by atoms with van der Waals surface area (Å²) in [5.41, 5.74) is 14.3. The number of allylic oxidation sites excluding steroid dienone is 1. The number of ether oxygens (including phenoxy) is 1. The van der Waals surface area contributed by atoms with E-state index in [0.29, 0.717) is 5.02 Å². The quantitative estimate of drug-likeness (QED) is 0.497. The molecule has 3 N–H and O–H groups in total. The van der Waals surface area contributed by atoms with Gasteiger partial charge >= 0.3 is 0 Å². The van der Waals surface area contributed by atoms with E-state index in [0.717, 1.165) is 39.3 Å². The Hall–Kier alpha value is -2.75. The number of benzene rings is 3. The van der Waals surface area contributed by atoms with Crippen molar-refractivity contribution in [3.05, 3.63) is 88.5 Å². The molecule has 4 heteroatoms. The number of nitrogens with two attached hydrogens (primary N) is 1. The fourth-order valence-electron chi connectivity index (χ4n) is 4.42. The van der Waals surface area contributed by atoms with Gasteiger partial charge in [-0.15, -0.1) is 0 Å². The van der Waals surface area contributed by atoms with Crippen molar-refractivity contribution >= 4 is 22.9 Å². The zero-order valence-corrected chi connectivity index (χ0v) is 18.5. The zero-order chi connectivity index (χ0) is 21.5. The Bertz CT molecular complexity index is 1120. The number of fused-ring (bicyclic) bond motifs is 1. The molecule has 3 aromatic carbocycles. The van der Waals surface area contributed by atoms with Gasteiger partial charge in [-0.05, 0) is 67.3 Å². The van der Waals surface area contributed by atoms with Crippen LogP contribution in [0.2, 0.25) is 5.02 Å². The van der Waals surface area contributed by atoms with Crippen LogP contribution in [-0.4, -0.2) is 12.6 Å². The number of hydrogen-bond acceptors (Lipinski definition) is 3. The van der Waals surface area contributed by atoms with E-state index in [1.165, 1.54) is 5.57 Å². The lowest BCUT2D eigenvalue weighted by Crippen LogP contribution is -2.32. The number of halogens is 1. The molecule has 0 aliphatic carbocycles. The maximum Gasteiger partial charge on any atom is 0.126 e. The molecule has 4 rings (SSSR count). The minimum atomic E-state index is -0.300. The predicted molar refractivity (Wildman–Crippen MR) is 127 cm³/mol. The molecule has 1 unspecified atom stereocenters. The molecule has 0 aromatic heterocycles. The molecule has 1 aliphatic heterocycles. The van der Waals surface area contributed by atoms with E-state index in [1.807, 2.05) is 36.4 Å². The van der Waals surface area contributed by atoms with Crippen molar-refractivity contribution in [3.8, 4) is 16.9 Å². The lowest BCUT2D eigenvalue weighted by atomic mass is 9.81. The Morgan fingerprint density at radius 1 is 1.00 bits per heavy atom. The molecule has 3 aromatic rings. The topological polar surface area (TPSA) is 47.3 Å². The van der Waals surface area contributed by atoms with Crippen LogP contribution in [0.4, 0.5) is 5.69 Å². The molecular weight excluding hydrogens is 392 g/mol. The second-order valence-corrected chi connectivity index (χ2v) is 8.79. The Balaban J connectivity index is 2.03. The number of methoxy groups -OCH3 is 1. The summed E-state index contributed by atoms with van der Waals surface area (Å²) in [4.78, 5) is 0. The summed E-state index contributed by atoms with van der Waals surface area (Å²) in [5.74, 6) is 0.770. The normalized spacial score (nSPS) is 15.6. The van der Waals surface area contributed by atoms with E-state index in [9.17, 15) is 0 Å². The summed E-state index contributed by atoms with van der Waals surface area (Å²) in [7, 11) is 1.68. The SMILES string of the molecule is COc1ccc(Cl)cc1-c1ccc2c(c1C(N)c1ccccc1)C(C)=CC(C)(C)N2. The highest BCUT2D eigenvalue weighted by molar-refractivity contribution is 6.31. The second kappa shape index (κ2) is 7.82. The van der Waals surface area contributed by atoms with Gasteiger partial charge in [-0.3, -0.25) is 0 Å². The molecule has 0 fully saturated rings. The van der Waals surface area contributed by atoms with E-state index in [1.54, 1.807) is 7.11 Å². The minimum Gasteiger partial charge on any atom is -0.496 e. The van der Waals surface area contributed by atoms with Crippen LogP contribution in [0.3, 0.4) is 0 Å². The number of nitrogens with one attached hydrogen (secondary N) is 1. The van der Waals surface area contributed by atoms with Crippen LogP contribution in [0.25, 0.3) is 16.7 Å². The van der Waals surface area contributed by atoms with Crippen molar-refractivity contribution in [2.45, 2.75) is 32.4 Å². The molecule has 1 heterocycles. The third-order valence-electron chi connectivity index (χ3n) is 5.60. The van der Waals surface area contributed by atoms with Gasteiger partial charge in [0.2, 0.25) is 0 Å². The van der Waals surface area contributed by atoms with Crippen molar-refractivity contribution in [1.29, 1.82) is 0 Å². The van der Waals surface area contributed by atoms with E-state index < -0.39 is 0 Å². The molecule has 0 radical (unpaired) electrons. The minimum absolute atomic E-state index is 0.125. The molecule has 0 saturated carbocycles. The first-order chi connectivity index (χ1) is 14.3. The van der Waals surface area contributed by atoms with Gasteiger partial charge in [0.25, 0.3) is 0 Å². The number of rotatable bonds is 4. The Kier molecular flexibility index (Phi) is 5.35. The molecule has 0 amide bonds. The molecule has 3 nitrogen and oxygen atoms in total. The largest absolute Gasteiger partial charge is 0.496 e. The van der Waals surface area contributed by atoms with Gasteiger partial charge in [-0.25, -0.2) is 0 Å². The second-order valence-electron chi connectivity index (χ2n) is 8.36. The van der Waals surface area contributed by atoms with Gasteiger partial charge in [0, 0.05) is 21.8 Å². The Labute approximate surface area is 183 Å². The summed E-state index contributed by atoms with van der Waals surface area (Å²) < 4.78 is 5.67. The monoisotopic (exact) mass is 418 g/mol. The average Bonchev–Trinajstić information content (AvgIpc) is 2.72. The van der Waals surface area contributed by atoms with Crippen molar-refractivity contribution in [1.82, 2.24) is 0 Å². The summed E-state index contributed by atoms with van der Waals surface area (Å²) in [5, 5.41) is 4.30. The molecular formula is C26H27ClN2O. The summed E-state index contributed by atoms with van der Waals surface area (Å²) in [6.07, 6.45) is 2.26. The van der Waals surface area contributed by atoms with Gasteiger partial charge in [-0.1, -0.05) is 54.1 Å². The molecule has 30 heavy (non-hydrogen) atoms. The summed E-state index contributed by atoms with van der Waals surface area (Å²) in [6, 6.07) is 19.8. The lowest BCUT2D eigenvalue weighted by molar-refractivity contribution is 0.416. The predicted octanol–water partition coefficient (Wildman–Crippen LogP) is 6.67. The first-order valence-electron chi connectivity index (χ1n) is 10.1. The van der Waals surface area contributed by atoms with Crippen LogP contribution in [-0.2, 0) is 0 Å². The lowest BCUT2D eigenvalue weighted by Gasteiger charge is -2.34. The van der Waals surface area contributed by atoms with Gasteiger partial charge in [0.05, 0.1) is 18.7 Å². The summed E-state index contributed by atoms with van der Waals surface area (Å²) in [6.45, 7) is 6.50. The molecule has 1 atom stereocenters. The number of hydrogen-bond donors (Lipinski definition) is 2. The van der Waals surface area contributed by atoms with Crippen molar-refractivity contribution in [2.75, 3.05) is 12.4 Å². The fraction of sp³-hybridized carbons (Fsp3) is 0.231. The van der Waals surface area contributed by atoms with Crippen molar-refractivity contribution in [2.24, 2.45) is 5.73 Å². The standard InChI is InChI=1S/C26H27ClN2O/c1-16-15-26(2,3)29-21-12-11-19(20-14-18(27)10-13-22(20)30-4)24(23(16)21)25(28)17-8-6-5-7-9-17/h5-15,25,29H,28H2,1-4H3. The summed E-state index contributed by atoms with van der Waals surface area (Å²) >= 11 is 6.37. The van der Waals surface area contributed by atoms with Crippen LogP contribution >= 0.6 is 11.6 Å². The van der Waals surface area contributed by atoms with Crippen LogP contribution in [0, 0.1) is 0 Å². The molecule has 0 saturated heterocycles. The molecule has 1 aliphatic rings. The van der Waals surface area contributed by atoms with E-state index in [2.05, 4.69) is 56.4 Å². The Morgan fingerprint density at radius 2 is 1.73 bits per heavy atom. The molecule has 0 bridgehead atoms. The van der Waals surface area contributed by atoms with E-state index >= 15 is 0 Å². The first-order valence-corrected chi connectivity index (χ1v) is 10.5.